The Kier molecular flexibility index (Phi) is 6.01. The van der Waals surface area contributed by atoms with Crippen LogP contribution in [0.15, 0.2) is 0 Å². The van der Waals surface area contributed by atoms with Crippen molar-refractivity contribution >= 4 is 5.91 Å². The molecule has 0 spiro atoms. The Morgan fingerprint density at radius 1 is 1.33 bits per heavy atom. The molecule has 1 aliphatic heterocycles. The molecule has 2 rings (SSSR count). The Balaban J connectivity index is 2.12. The number of nitrogens with zero attached hydrogens (tertiary/aromatic N) is 2. The van der Waals surface area contributed by atoms with Gasteiger partial charge in [0.2, 0.25) is 5.91 Å². The minimum atomic E-state index is -0.250. The van der Waals surface area contributed by atoms with Gasteiger partial charge in [0, 0.05) is 18.6 Å². The van der Waals surface area contributed by atoms with Gasteiger partial charge in [-0.25, -0.2) is 0 Å². The molecule has 1 N–H and O–H groups in total. The van der Waals surface area contributed by atoms with E-state index in [0.29, 0.717) is 13.2 Å². The van der Waals surface area contributed by atoms with E-state index < -0.39 is 0 Å². The molecule has 0 aromatic carbocycles. The largest absolute Gasteiger partial charge is 0.378 e. The number of hydrogen-bond acceptors (Lipinski definition) is 4. The first-order valence-electron chi connectivity index (χ1n) is 8.17. The van der Waals surface area contributed by atoms with Crippen molar-refractivity contribution in [3.8, 4) is 6.07 Å². The van der Waals surface area contributed by atoms with Gasteiger partial charge in [-0.3, -0.25) is 9.69 Å². The molecule has 0 radical (unpaired) electrons. The summed E-state index contributed by atoms with van der Waals surface area (Å²) in [6, 6.07) is 2.55. The van der Waals surface area contributed by atoms with Crippen LogP contribution in [0.25, 0.3) is 0 Å². The van der Waals surface area contributed by atoms with Gasteiger partial charge in [0.05, 0.1) is 25.2 Å². The lowest BCUT2D eigenvalue weighted by Crippen LogP contribution is -2.59. The quantitative estimate of drug-likeness (QED) is 0.804. The lowest BCUT2D eigenvalue weighted by molar-refractivity contribution is -0.136. The molecule has 118 valence electrons. The summed E-state index contributed by atoms with van der Waals surface area (Å²) in [5.41, 5.74) is 0. The predicted octanol–water partition coefficient (Wildman–Crippen LogP) is 1.68. The van der Waals surface area contributed by atoms with Crippen LogP contribution < -0.4 is 5.32 Å². The maximum Gasteiger partial charge on any atom is 0.239 e. The van der Waals surface area contributed by atoms with Crippen LogP contribution >= 0.6 is 0 Å². The Morgan fingerprint density at radius 3 is 2.81 bits per heavy atom. The molecule has 2 fully saturated rings. The third kappa shape index (κ3) is 4.18. The molecule has 1 saturated heterocycles. The molecule has 21 heavy (non-hydrogen) atoms. The highest BCUT2D eigenvalue weighted by Crippen LogP contribution is 2.29. The van der Waals surface area contributed by atoms with Crippen LogP contribution in [0, 0.1) is 17.2 Å². The van der Waals surface area contributed by atoms with Crippen molar-refractivity contribution in [2.45, 2.75) is 64.1 Å². The number of ether oxygens (including phenoxy) is 1. The average Bonchev–Trinajstić information content (AvgIpc) is 2.71. The van der Waals surface area contributed by atoms with Crippen molar-refractivity contribution in [2.75, 3.05) is 19.8 Å². The number of morpholine rings is 1. The molecule has 1 heterocycles. The minimum absolute atomic E-state index is 0.0330. The molecular formula is C16H27N3O2. The zero-order valence-electron chi connectivity index (χ0n) is 13.2. The molecule has 5 nitrogen and oxygen atoms in total. The molecule has 1 saturated carbocycles. The summed E-state index contributed by atoms with van der Waals surface area (Å²) >= 11 is 0. The summed E-state index contributed by atoms with van der Waals surface area (Å²) in [6.07, 6.45) is 5.45. The van der Waals surface area contributed by atoms with Crippen LogP contribution in [0.5, 0.6) is 0 Å². The standard InChI is InChI=1S/C16H27N3O2/c1-12(2)18-16(20)15-11-21-9-8-19(15)14-7-5-3-4-6-13(14)10-17/h12-15H,3-9,11H2,1-2H3,(H,18,20). The van der Waals surface area contributed by atoms with Gasteiger partial charge in [0.1, 0.15) is 6.04 Å². The second kappa shape index (κ2) is 7.77. The zero-order valence-corrected chi connectivity index (χ0v) is 13.2. The van der Waals surface area contributed by atoms with Gasteiger partial charge in [0.15, 0.2) is 0 Å². The van der Waals surface area contributed by atoms with Crippen LogP contribution in [0.3, 0.4) is 0 Å². The lowest BCUT2D eigenvalue weighted by atomic mass is 9.93. The fourth-order valence-corrected chi connectivity index (χ4v) is 3.46. The Hall–Kier alpha value is -1.12. The van der Waals surface area contributed by atoms with Gasteiger partial charge in [-0.1, -0.05) is 19.3 Å². The molecule has 0 bridgehead atoms. The molecule has 2 aliphatic rings. The van der Waals surface area contributed by atoms with E-state index in [2.05, 4.69) is 16.3 Å². The molecule has 1 amide bonds. The number of nitriles is 1. The monoisotopic (exact) mass is 293 g/mol. The van der Waals surface area contributed by atoms with Crippen molar-refractivity contribution in [1.29, 1.82) is 5.26 Å². The first-order valence-corrected chi connectivity index (χ1v) is 8.17. The summed E-state index contributed by atoms with van der Waals surface area (Å²) in [7, 11) is 0. The molecule has 1 aliphatic carbocycles. The zero-order chi connectivity index (χ0) is 15.2. The van der Waals surface area contributed by atoms with E-state index in [1.54, 1.807) is 0 Å². The maximum atomic E-state index is 12.4. The second-order valence-electron chi connectivity index (χ2n) is 6.43. The van der Waals surface area contributed by atoms with Crippen molar-refractivity contribution in [3.05, 3.63) is 0 Å². The number of hydrogen-bond donors (Lipinski definition) is 1. The number of rotatable bonds is 3. The van der Waals surface area contributed by atoms with Crippen molar-refractivity contribution in [2.24, 2.45) is 5.92 Å². The van der Waals surface area contributed by atoms with Gasteiger partial charge in [-0.05, 0) is 26.7 Å². The fraction of sp³-hybridized carbons (Fsp3) is 0.875. The Labute approximate surface area is 127 Å². The SMILES string of the molecule is CC(C)NC(=O)C1COCCN1C1CCCCCC1C#N. The van der Waals surface area contributed by atoms with Crippen LogP contribution in [0.1, 0.15) is 46.0 Å². The third-order valence-corrected chi connectivity index (χ3v) is 4.47. The molecule has 5 heteroatoms. The summed E-state index contributed by atoms with van der Waals surface area (Å²) in [4.78, 5) is 14.7. The summed E-state index contributed by atoms with van der Waals surface area (Å²) in [6.45, 7) is 5.78. The topological polar surface area (TPSA) is 65.4 Å². The van der Waals surface area contributed by atoms with Crippen LogP contribution in [0.4, 0.5) is 0 Å². The van der Waals surface area contributed by atoms with E-state index in [1.807, 2.05) is 13.8 Å². The van der Waals surface area contributed by atoms with Gasteiger partial charge in [0.25, 0.3) is 0 Å². The molecule has 3 atom stereocenters. The number of nitrogens with one attached hydrogen (secondary N) is 1. The Bertz CT molecular complexity index is 391. The number of carbonyl (C=O) groups excluding carboxylic acids is 1. The van der Waals surface area contributed by atoms with E-state index in [-0.39, 0.29) is 30.0 Å². The summed E-state index contributed by atoms with van der Waals surface area (Å²) in [5, 5.41) is 12.5. The Morgan fingerprint density at radius 2 is 2.10 bits per heavy atom. The van der Waals surface area contributed by atoms with Gasteiger partial charge < -0.3 is 10.1 Å². The maximum absolute atomic E-state index is 12.4. The molecular weight excluding hydrogens is 266 g/mol. The molecule has 0 aromatic rings. The predicted molar refractivity (Wildman–Crippen MR) is 80.6 cm³/mol. The smallest absolute Gasteiger partial charge is 0.239 e. The highest BCUT2D eigenvalue weighted by atomic mass is 16.5. The van der Waals surface area contributed by atoms with Gasteiger partial charge in [-0.15, -0.1) is 0 Å². The van der Waals surface area contributed by atoms with Crippen LogP contribution in [-0.4, -0.2) is 48.7 Å². The van der Waals surface area contributed by atoms with Crippen molar-refractivity contribution in [1.82, 2.24) is 10.2 Å². The third-order valence-electron chi connectivity index (χ3n) is 4.47. The van der Waals surface area contributed by atoms with Crippen LogP contribution in [-0.2, 0) is 9.53 Å². The second-order valence-corrected chi connectivity index (χ2v) is 6.43. The fourth-order valence-electron chi connectivity index (χ4n) is 3.46. The van der Waals surface area contributed by atoms with E-state index in [9.17, 15) is 10.1 Å². The number of amides is 1. The lowest BCUT2D eigenvalue weighted by Gasteiger charge is -2.41. The average molecular weight is 293 g/mol. The van der Waals surface area contributed by atoms with E-state index in [4.69, 9.17) is 4.74 Å². The minimum Gasteiger partial charge on any atom is -0.378 e. The normalized spacial score (nSPS) is 31.4. The molecule has 0 aromatic heterocycles. The van der Waals surface area contributed by atoms with E-state index in [0.717, 1.165) is 32.2 Å². The first-order chi connectivity index (χ1) is 10.1. The van der Waals surface area contributed by atoms with E-state index in [1.165, 1.54) is 6.42 Å². The highest BCUT2D eigenvalue weighted by molar-refractivity contribution is 5.82. The summed E-state index contributed by atoms with van der Waals surface area (Å²) in [5.74, 6) is 0.0746. The molecule has 3 unspecified atom stereocenters. The van der Waals surface area contributed by atoms with Crippen molar-refractivity contribution < 1.29 is 9.53 Å². The van der Waals surface area contributed by atoms with Gasteiger partial charge in [-0.2, -0.15) is 5.26 Å². The number of carbonyl (C=O) groups is 1. The van der Waals surface area contributed by atoms with Crippen LogP contribution in [0.2, 0.25) is 0 Å². The van der Waals surface area contributed by atoms with E-state index >= 15 is 0 Å². The first kappa shape index (κ1) is 16.3. The van der Waals surface area contributed by atoms with Crippen molar-refractivity contribution in [3.63, 3.8) is 0 Å². The highest BCUT2D eigenvalue weighted by Gasteiger charge is 2.38. The van der Waals surface area contributed by atoms with Gasteiger partial charge >= 0.3 is 0 Å². The summed E-state index contributed by atoms with van der Waals surface area (Å²) < 4.78 is 5.52.